The molecule has 2 heterocycles. The first-order valence-corrected chi connectivity index (χ1v) is 12.9. The molecule has 0 radical (unpaired) electrons. The van der Waals surface area contributed by atoms with Crippen LogP contribution in [0.5, 0.6) is 0 Å². The molecule has 2 aliphatic heterocycles. The Bertz CT molecular complexity index is 767. The Morgan fingerprint density at radius 3 is 1.67 bits per heavy atom. The van der Waals surface area contributed by atoms with Crippen molar-refractivity contribution >= 4 is 11.8 Å². The molecule has 0 aromatic rings. The Morgan fingerprint density at radius 1 is 0.744 bits per heavy atom. The molecule has 2 saturated heterocycles. The maximum Gasteiger partial charge on any atom is 0.217 e. The van der Waals surface area contributed by atoms with E-state index in [-0.39, 0.29) is 38.6 Å². The minimum absolute atomic E-state index is 0.0438. The van der Waals surface area contributed by atoms with Gasteiger partial charge in [0.15, 0.2) is 12.6 Å². The summed E-state index contributed by atoms with van der Waals surface area (Å²) < 4.78 is 33.7. The SMILES string of the molecule is CC(=O)NC1C(OCCOCC2OC(OCCOC(C)(C)C)C(NC(C)=O)C(O)C2O)OC(CO)C(O)C1O. The van der Waals surface area contributed by atoms with Gasteiger partial charge in [0.25, 0.3) is 0 Å². The van der Waals surface area contributed by atoms with Crippen molar-refractivity contribution in [2.24, 2.45) is 0 Å². The lowest BCUT2D eigenvalue weighted by Gasteiger charge is -2.42. The molecule has 2 rings (SSSR count). The zero-order valence-electron chi connectivity index (χ0n) is 23.0. The van der Waals surface area contributed by atoms with Crippen LogP contribution in [0.4, 0.5) is 0 Å². The lowest BCUT2D eigenvalue weighted by Crippen LogP contribution is -2.65. The third-order valence-electron chi connectivity index (χ3n) is 6.01. The minimum Gasteiger partial charge on any atom is -0.394 e. The van der Waals surface area contributed by atoms with E-state index in [1.807, 2.05) is 20.8 Å². The zero-order valence-corrected chi connectivity index (χ0v) is 23.0. The van der Waals surface area contributed by atoms with E-state index in [1.54, 1.807) is 0 Å². The summed E-state index contributed by atoms with van der Waals surface area (Å²) in [7, 11) is 0. The van der Waals surface area contributed by atoms with Crippen LogP contribution in [0.15, 0.2) is 0 Å². The van der Waals surface area contributed by atoms with E-state index in [1.165, 1.54) is 13.8 Å². The van der Waals surface area contributed by atoms with Gasteiger partial charge in [0.2, 0.25) is 11.8 Å². The lowest BCUT2D eigenvalue weighted by atomic mass is 9.97. The van der Waals surface area contributed by atoms with Crippen molar-refractivity contribution < 1.29 is 63.5 Å². The highest BCUT2D eigenvalue weighted by Gasteiger charge is 2.46. The monoisotopic (exact) mass is 568 g/mol. The predicted octanol–water partition coefficient (Wildman–Crippen LogP) is -3.25. The fourth-order valence-corrected chi connectivity index (χ4v) is 4.15. The first kappa shape index (κ1) is 33.7. The summed E-state index contributed by atoms with van der Waals surface area (Å²) >= 11 is 0. The molecule has 7 N–H and O–H groups in total. The Kier molecular flexibility index (Phi) is 13.4. The van der Waals surface area contributed by atoms with Crippen LogP contribution in [-0.2, 0) is 38.0 Å². The van der Waals surface area contributed by atoms with Crippen LogP contribution in [0.1, 0.15) is 34.6 Å². The van der Waals surface area contributed by atoms with Gasteiger partial charge in [-0.1, -0.05) is 0 Å². The zero-order chi connectivity index (χ0) is 29.3. The van der Waals surface area contributed by atoms with Crippen LogP contribution >= 0.6 is 0 Å². The van der Waals surface area contributed by atoms with E-state index in [9.17, 15) is 35.1 Å². The van der Waals surface area contributed by atoms with Gasteiger partial charge in [-0.3, -0.25) is 9.59 Å². The molecule has 0 aromatic carbocycles. The van der Waals surface area contributed by atoms with Gasteiger partial charge < -0.3 is 64.6 Å². The maximum absolute atomic E-state index is 11.6. The normalized spacial score (nSPS) is 35.4. The molecule has 2 aliphatic rings. The van der Waals surface area contributed by atoms with Crippen LogP contribution in [0.25, 0.3) is 0 Å². The predicted molar refractivity (Wildman–Crippen MR) is 132 cm³/mol. The van der Waals surface area contributed by atoms with Crippen molar-refractivity contribution in [1.29, 1.82) is 0 Å². The number of carbonyl (C=O) groups is 2. The second-order valence-corrected chi connectivity index (χ2v) is 10.5. The van der Waals surface area contributed by atoms with E-state index < -0.39 is 79.7 Å². The van der Waals surface area contributed by atoms with Crippen molar-refractivity contribution in [1.82, 2.24) is 10.6 Å². The largest absolute Gasteiger partial charge is 0.394 e. The number of nitrogens with one attached hydrogen (secondary N) is 2. The summed E-state index contributed by atoms with van der Waals surface area (Å²) in [6.45, 7) is 7.61. The number of hydrogen-bond acceptors (Lipinski definition) is 13. The number of aliphatic hydroxyl groups excluding tert-OH is 5. The van der Waals surface area contributed by atoms with Crippen LogP contribution in [0.3, 0.4) is 0 Å². The van der Waals surface area contributed by atoms with Gasteiger partial charge >= 0.3 is 0 Å². The van der Waals surface area contributed by atoms with Gasteiger partial charge in [-0.05, 0) is 20.8 Å². The van der Waals surface area contributed by atoms with Crippen molar-refractivity contribution in [2.45, 2.75) is 102 Å². The molecule has 2 fully saturated rings. The van der Waals surface area contributed by atoms with Crippen LogP contribution < -0.4 is 10.6 Å². The number of rotatable bonds is 13. The van der Waals surface area contributed by atoms with Gasteiger partial charge in [-0.25, -0.2) is 0 Å². The fraction of sp³-hybridized carbons (Fsp3) is 0.917. The molecular weight excluding hydrogens is 524 g/mol. The molecule has 0 aromatic heterocycles. The first-order valence-electron chi connectivity index (χ1n) is 12.9. The van der Waals surface area contributed by atoms with Crippen LogP contribution in [-0.4, -0.2) is 144 Å². The fourth-order valence-electron chi connectivity index (χ4n) is 4.15. The van der Waals surface area contributed by atoms with Gasteiger partial charge in [0, 0.05) is 13.8 Å². The smallest absolute Gasteiger partial charge is 0.217 e. The summed E-state index contributed by atoms with van der Waals surface area (Å²) in [6, 6.07) is -2.12. The first-order chi connectivity index (χ1) is 18.2. The number of aliphatic hydroxyl groups is 5. The highest BCUT2D eigenvalue weighted by molar-refractivity contribution is 5.73. The summed E-state index contributed by atoms with van der Waals surface area (Å²) in [5, 5.41) is 56.0. The van der Waals surface area contributed by atoms with E-state index >= 15 is 0 Å². The average molecular weight is 569 g/mol. The molecule has 39 heavy (non-hydrogen) atoms. The quantitative estimate of drug-likeness (QED) is 0.109. The Morgan fingerprint density at radius 2 is 1.21 bits per heavy atom. The van der Waals surface area contributed by atoms with E-state index in [0.29, 0.717) is 0 Å². The molecule has 15 heteroatoms. The molecule has 15 nitrogen and oxygen atoms in total. The van der Waals surface area contributed by atoms with Gasteiger partial charge in [0.1, 0.15) is 48.7 Å². The number of ether oxygens (including phenoxy) is 6. The number of amides is 2. The molecule has 0 spiro atoms. The van der Waals surface area contributed by atoms with E-state index in [2.05, 4.69) is 10.6 Å². The molecule has 228 valence electrons. The van der Waals surface area contributed by atoms with Crippen molar-refractivity contribution in [3.8, 4) is 0 Å². The van der Waals surface area contributed by atoms with Crippen LogP contribution in [0, 0.1) is 0 Å². The van der Waals surface area contributed by atoms with Gasteiger partial charge in [-0.2, -0.15) is 0 Å². The summed E-state index contributed by atoms with van der Waals surface area (Å²) in [4.78, 5) is 23.1. The molecular formula is C24H44N2O13. The lowest BCUT2D eigenvalue weighted by molar-refractivity contribution is -0.280. The van der Waals surface area contributed by atoms with Crippen molar-refractivity contribution in [2.75, 3.05) is 39.6 Å². The van der Waals surface area contributed by atoms with Gasteiger partial charge in [0.05, 0.1) is 45.2 Å². The molecule has 10 unspecified atom stereocenters. The Hall–Kier alpha value is -1.50. The number of carbonyl (C=O) groups excluding carboxylic acids is 2. The van der Waals surface area contributed by atoms with Gasteiger partial charge in [-0.15, -0.1) is 0 Å². The molecule has 10 atom stereocenters. The highest BCUT2D eigenvalue weighted by Crippen LogP contribution is 2.24. The second-order valence-electron chi connectivity index (χ2n) is 10.5. The summed E-state index contributed by atoms with van der Waals surface area (Å²) in [5.41, 5.74) is -0.385. The standard InChI is InChI=1S/C24H44N2O13/c1-12(28)25-16-20(32)18(30)14(10-27)38-22(16)35-7-6-34-11-15-19(31)21(33)17(26-13(2)29)23(39-15)36-8-9-37-24(3,4)5/h14-23,27,30-33H,6-11H2,1-5H3,(H,25,28)(H,26,29). The average Bonchev–Trinajstić information content (AvgIpc) is 2.84. The molecule has 0 aliphatic carbocycles. The van der Waals surface area contributed by atoms with E-state index in [4.69, 9.17) is 28.4 Å². The third kappa shape index (κ3) is 10.4. The number of hydrogen-bond donors (Lipinski definition) is 7. The van der Waals surface area contributed by atoms with Crippen molar-refractivity contribution in [3.05, 3.63) is 0 Å². The Labute approximate surface area is 227 Å². The molecule has 0 saturated carbocycles. The maximum atomic E-state index is 11.6. The third-order valence-corrected chi connectivity index (χ3v) is 6.01. The molecule has 0 bridgehead atoms. The second kappa shape index (κ2) is 15.5. The summed E-state index contributed by atoms with van der Waals surface area (Å²) in [6.07, 6.45) is -10.1. The summed E-state index contributed by atoms with van der Waals surface area (Å²) in [5.74, 6) is -0.923. The topological polar surface area (TPSA) is 215 Å². The van der Waals surface area contributed by atoms with Crippen molar-refractivity contribution in [3.63, 3.8) is 0 Å². The highest BCUT2D eigenvalue weighted by atomic mass is 16.7. The van der Waals surface area contributed by atoms with E-state index in [0.717, 1.165) is 0 Å². The minimum atomic E-state index is -1.44. The Balaban J connectivity index is 1.89. The molecule has 2 amide bonds. The van der Waals surface area contributed by atoms with Crippen LogP contribution in [0.2, 0.25) is 0 Å².